The molecule has 28 heavy (non-hydrogen) atoms. The highest BCUT2D eigenvalue weighted by Crippen LogP contribution is 2.24. The number of hydrogen-bond donors (Lipinski definition) is 1. The van der Waals surface area contributed by atoms with Gasteiger partial charge in [0, 0.05) is 18.0 Å². The predicted molar refractivity (Wildman–Crippen MR) is 110 cm³/mol. The number of allylic oxidation sites excluding steroid dienone is 1. The summed E-state index contributed by atoms with van der Waals surface area (Å²) in [6.45, 7) is 6.17. The van der Waals surface area contributed by atoms with Gasteiger partial charge in [-0.1, -0.05) is 54.2 Å². The minimum absolute atomic E-state index is 0.0927. The SMILES string of the molecule is C=CCn1c(CC(=O)Nc2ccccc2C)nnc1SCc1ccccc1F. The number of amides is 1. The van der Waals surface area contributed by atoms with Gasteiger partial charge in [0.15, 0.2) is 5.16 Å². The monoisotopic (exact) mass is 396 g/mol. The van der Waals surface area contributed by atoms with Crippen LogP contribution < -0.4 is 5.32 Å². The van der Waals surface area contributed by atoms with Gasteiger partial charge in [-0.15, -0.1) is 16.8 Å². The van der Waals surface area contributed by atoms with Crippen molar-refractivity contribution >= 4 is 23.4 Å². The fourth-order valence-corrected chi connectivity index (χ4v) is 3.63. The number of anilines is 1. The molecule has 0 unspecified atom stereocenters. The van der Waals surface area contributed by atoms with E-state index < -0.39 is 0 Å². The van der Waals surface area contributed by atoms with Gasteiger partial charge in [-0.2, -0.15) is 0 Å². The van der Waals surface area contributed by atoms with Gasteiger partial charge in [-0.3, -0.25) is 4.79 Å². The highest BCUT2D eigenvalue weighted by atomic mass is 32.2. The highest BCUT2D eigenvalue weighted by molar-refractivity contribution is 7.98. The standard InChI is InChI=1S/C21H21FN4OS/c1-3-12-26-19(13-20(27)23-18-11-7-4-8-15(18)2)24-25-21(26)28-14-16-9-5-6-10-17(16)22/h3-11H,1,12-14H2,2H3,(H,23,27). The van der Waals surface area contributed by atoms with Crippen LogP contribution in [0.4, 0.5) is 10.1 Å². The van der Waals surface area contributed by atoms with E-state index in [-0.39, 0.29) is 18.1 Å². The number of nitrogens with one attached hydrogen (secondary N) is 1. The molecule has 0 aliphatic rings. The number of thioether (sulfide) groups is 1. The average molecular weight is 396 g/mol. The molecule has 1 heterocycles. The molecule has 5 nitrogen and oxygen atoms in total. The zero-order chi connectivity index (χ0) is 19.9. The molecule has 0 aliphatic heterocycles. The molecule has 0 aliphatic carbocycles. The molecule has 7 heteroatoms. The van der Waals surface area contributed by atoms with Crippen molar-refractivity contribution in [1.82, 2.24) is 14.8 Å². The molecule has 0 saturated carbocycles. The summed E-state index contributed by atoms with van der Waals surface area (Å²) in [7, 11) is 0. The summed E-state index contributed by atoms with van der Waals surface area (Å²) < 4.78 is 15.7. The van der Waals surface area contributed by atoms with Crippen LogP contribution in [0.25, 0.3) is 0 Å². The molecule has 1 aromatic heterocycles. The summed E-state index contributed by atoms with van der Waals surface area (Å²) >= 11 is 1.38. The van der Waals surface area contributed by atoms with E-state index >= 15 is 0 Å². The van der Waals surface area contributed by atoms with Crippen molar-refractivity contribution in [3.05, 3.63) is 84.0 Å². The summed E-state index contributed by atoms with van der Waals surface area (Å²) in [5, 5.41) is 11.9. The first-order valence-corrected chi connectivity index (χ1v) is 9.81. The van der Waals surface area contributed by atoms with Crippen LogP contribution in [-0.2, 0) is 23.5 Å². The third-order valence-electron chi connectivity index (χ3n) is 4.16. The Bertz CT molecular complexity index is 986. The molecule has 2 aromatic carbocycles. The number of rotatable bonds is 8. The number of carbonyl (C=O) groups is 1. The van der Waals surface area contributed by atoms with Crippen LogP contribution in [0.1, 0.15) is 17.0 Å². The molecular weight excluding hydrogens is 375 g/mol. The number of aryl methyl sites for hydroxylation is 1. The number of aromatic nitrogens is 3. The largest absolute Gasteiger partial charge is 0.325 e. The van der Waals surface area contributed by atoms with Crippen LogP contribution in [0, 0.1) is 12.7 Å². The summed E-state index contributed by atoms with van der Waals surface area (Å²) in [5.41, 5.74) is 2.36. The fraction of sp³-hybridized carbons (Fsp3) is 0.190. The first kappa shape index (κ1) is 19.8. The maximum absolute atomic E-state index is 13.8. The smallest absolute Gasteiger partial charge is 0.232 e. The first-order valence-electron chi connectivity index (χ1n) is 8.83. The van der Waals surface area contributed by atoms with Gasteiger partial charge in [0.05, 0.1) is 6.42 Å². The number of halogens is 1. The van der Waals surface area contributed by atoms with Crippen molar-refractivity contribution in [2.45, 2.75) is 30.8 Å². The second-order valence-corrected chi connectivity index (χ2v) is 7.16. The Morgan fingerprint density at radius 2 is 1.96 bits per heavy atom. The Morgan fingerprint density at radius 3 is 2.71 bits per heavy atom. The molecule has 1 amide bonds. The van der Waals surface area contributed by atoms with E-state index in [0.29, 0.717) is 28.8 Å². The maximum Gasteiger partial charge on any atom is 0.232 e. The fourth-order valence-electron chi connectivity index (χ4n) is 2.68. The Morgan fingerprint density at radius 1 is 1.21 bits per heavy atom. The zero-order valence-electron chi connectivity index (χ0n) is 15.6. The molecule has 144 valence electrons. The second kappa shape index (κ2) is 9.32. The Balaban J connectivity index is 1.71. The van der Waals surface area contributed by atoms with Crippen molar-refractivity contribution in [2.75, 3.05) is 5.32 Å². The lowest BCUT2D eigenvalue weighted by molar-refractivity contribution is -0.115. The molecule has 1 N–H and O–H groups in total. The van der Waals surface area contributed by atoms with E-state index in [9.17, 15) is 9.18 Å². The number of nitrogens with zero attached hydrogens (tertiary/aromatic N) is 3. The van der Waals surface area contributed by atoms with Crippen molar-refractivity contribution < 1.29 is 9.18 Å². The Hall–Kier alpha value is -2.93. The molecule has 3 rings (SSSR count). The molecular formula is C21H21FN4OS. The van der Waals surface area contributed by atoms with E-state index in [4.69, 9.17) is 0 Å². The van der Waals surface area contributed by atoms with E-state index in [0.717, 1.165) is 11.3 Å². The van der Waals surface area contributed by atoms with Crippen LogP contribution in [0.15, 0.2) is 66.3 Å². The zero-order valence-corrected chi connectivity index (χ0v) is 16.4. The minimum atomic E-state index is -0.248. The van der Waals surface area contributed by atoms with E-state index in [1.807, 2.05) is 35.8 Å². The number of hydrogen-bond acceptors (Lipinski definition) is 4. The summed E-state index contributed by atoms with van der Waals surface area (Å²) in [6.07, 6.45) is 1.81. The Labute approximate surface area is 167 Å². The molecule has 0 fully saturated rings. The van der Waals surface area contributed by atoms with Gasteiger partial charge in [-0.25, -0.2) is 4.39 Å². The third-order valence-corrected chi connectivity index (χ3v) is 5.17. The lowest BCUT2D eigenvalue weighted by atomic mass is 10.2. The molecule has 0 atom stereocenters. The topological polar surface area (TPSA) is 59.8 Å². The first-order chi connectivity index (χ1) is 13.6. The lowest BCUT2D eigenvalue weighted by Gasteiger charge is -2.10. The summed E-state index contributed by atoms with van der Waals surface area (Å²) in [6, 6.07) is 14.2. The van der Waals surface area contributed by atoms with Gasteiger partial charge in [0.2, 0.25) is 5.91 Å². The van der Waals surface area contributed by atoms with Gasteiger partial charge >= 0.3 is 0 Å². The highest BCUT2D eigenvalue weighted by Gasteiger charge is 2.16. The second-order valence-electron chi connectivity index (χ2n) is 6.22. The van der Waals surface area contributed by atoms with Gasteiger partial charge in [0.1, 0.15) is 11.6 Å². The lowest BCUT2D eigenvalue weighted by Crippen LogP contribution is -2.18. The number of carbonyl (C=O) groups excluding carboxylic acids is 1. The molecule has 0 saturated heterocycles. The molecule has 0 spiro atoms. The summed E-state index contributed by atoms with van der Waals surface area (Å²) in [4.78, 5) is 12.4. The minimum Gasteiger partial charge on any atom is -0.325 e. The van der Waals surface area contributed by atoms with Crippen LogP contribution in [0.3, 0.4) is 0 Å². The molecule has 0 bridgehead atoms. The number of benzene rings is 2. The van der Waals surface area contributed by atoms with Crippen LogP contribution in [0.2, 0.25) is 0 Å². The van der Waals surface area contributed by atoms with Crippen molar-refractivity contribution in [2.24, 2.45) is 0 Å². The Kier molecular flexibility index (Phi) is 6.60. The van der Waals surface area contributed by atoms with Crippen molar-refractivity contribution in [1.29, 1.82) is 0 Å². The maximum atomic E-state index is 13.8. The predicted octanol–water partition coefficient (Wildman–Crippen LogP) is 4.39. The molecule has 0 radical (unpaired) electrons. The van der Waals surface area contributed by atoms with Crippen LogP contribution in [-0.4, -0.2) is 20.7 Å². The van der Waals surface area contributed by atoms with Crippen LogP contribution >= 0.6 is 11.8 Å². The summed E-state index contributed by atoms with van der Waals surface area (Å²) in [5.74, 6) is 0.555. The van der Waals surface area contributed by atoms with Gasteiger partial charge < -0.3 is 9.88 Å². The van der Waals surface area contributed by atoms with Gasteiger partial charge in [-0.05, 0) is 30.2 Å². The average Bonchev–Trinajstić information content (AvgIpc) is 3.05. The van der Waals surface area contributed by atoms with Crippen molar-refractivity contribution in [3.8, 4) is 0 Å². The van der Waals surface area contributed by atoms with Crippen LogP contribution in [0.5, 0.6) is 0 Å². The third kappa shape index (κ3) is 4.86. The molecule has 3 aromatic rings. The van der Waals surface area contributed by atoms with Gasteiger partial charge in [0.25, 0.3) is 0 Å². The van der Waals surface area contributed by atoms with E-state index in [1.165, 1.54) is 17.8 Å². The quantitative estimate of drug-likeness (QED) is 0.453. The van der Waals surface area contributed by atoms with E-state index in [1.54, 1.807) is 24.3 Å². The normalized spacial score (nSPS) is 10.6. The van der Waals surface area contributed by atoms with Crippen molar-refractivity contribution in [3.63, 3.8) is 0 Å². The number of para-hydroxylation sites is 1. The van der Waals surface area contributed by atoms with E-state index in [2.05, 4.69) is 22.1 Å².